The molecule has 0 fully saturated rings. The van der Waals surface area contributed by atoms with Gasteiger partial charge in [0, 0.05) is 17.8 Å². The number of aromatic nitrogens is 3. The van der Waals surface area contributed by atoms with Gasteiger partial charge in [-0.2, -0.15) is 0 Å². The Balaban J connectivity index is 2.36. The molecule has 3 N–H and O–H groups in total. The van der Waals surface area contributed by atoms with Crippen LogP contribution in [0.4, 0.5) is 5.69 Å². The minimum atomic E-state index is -1.31. The van der Waals surface area contributed by atoms with E-state index >= 15 is 0 Å². The first-order chi connectivity index (χ1) is 10.4. The van der Waals surface area contributed by atoms with Gasteiger partial charge in [0.25, 0.3) is 0 Å². The quantitative estimate of drug-likeness (QED) is 0.730. The fraction of sp³-hybridized carbons (Fsp3) is 0. The lowest BCUT2D eigenvalue weighted by Crippen LogP contribution is -2.09. The summed E-state index contributed by atoms with van der Waals surface area (Å²) in [5, 5.41) is 10.2. The van der Waals surface area contributed by atoms with Crippen LogP contribution in [0.3, 0.4) is 0 Å². The molecular weight excluding hydrogens is 351 g/mol. The third-order valence-corrected chi connectivity index (χ3v) is 4.14. The fourth-order valence-corrected chi connectivity index (χ4v) is 2.72. The van der Waals surface area contributed by atoms with Gasteiger partial charge >= 0.3 is 5.97 Å². The molecule has 0 radical (unpaired) electrons. The van der Waals surface area contributed by atoms with E-state index in [4.69, 9.17) is 45.6 Å². The average molecular weight is 358 g/mol. The number of nitrogens with two attached hydrogens (primary N) is 1. The number of pyridine rings is 2. The Bertz CT molecular complexity index is 923. The van der Waals surface area contributed by atoms with E-state index in [1.165, 1.54) is 10.8 Å². The number of nitrogen functional groups attached to an aromatic ring is 1. The second-order valence-electron chi connectivity index (χ2n) is 4.35. The maximum atomic E-state index is 11.2. The van der Waals surface area contributed by atoms with E-state index in [2.05, 4.69) is 9.97 Å². The van der Waals surface area contributed by atoms with Crippen LogP contribution in [0.1, 0.15) is 10.5 Å². The third kappa shape index (κ3) is 2.16. The number of halogens is 3. The molecule has 6 nitrogen and oxygen atoms in total. The molecule has 22 heavy (non-hydrogen) atoms. The summed E-state index contributed by atoms with van der Waals surface area (Å²) in [6, 6.07) is 3.36. The van der Waals surface area contributed by atoms with Gasteiger partial charge in [-0.25, -0.2) is 14.8 Å². The van der Waals surface area contributed by atoms with Gasteiger partial charge in [0.15, 0.2) is 11.5 Å². The van der Waals surface area contributed by atoms with Crippen molar-refractivity contribution in [3.63, 3.8) is 0 Å². The summed E-state index contributed by atoms with van der Waals surface area (Å²) in [6.07, 6.45) is 3.14. The van der Waals surface area contributed by atoms with Crippen molar-refractivity contribution < 1.29 is 9.90 Å². The molecule has 0 bridgehead atoms. The van der Waals surface area contributed by atoms with Gasteiger partial charge in [0.05, 0.1) is 15.7 Å². The van der Waals surface area contributed by atoms with Gasteiger partial charge in [-0.3, -0.25) is 4.57 Å². The number of carboxylic acid groups (broad SMARTS) is 1. The molecule has 0 aliphatic rings. The van der Waals surface area contributed by atoms with E-state index < -0.39 is 5.97 Å². The Morgan fingerprint density at radius 3 is 2.64 bits per heavy atom. The molecule has 0 saturated carbocycles. The number of hydrogen-bond donors (Lipinski definition) is 2. The van der Waals surface area contributed by atoms with Crippen LogP contribution < -0.4 is 5.73 Å². The maximum absolute atomic E-state index is 11.2. The molecule has 3 rings (SSSR count). The summed E-state index contributed by atoms with van der Waals surface area (Å²) >= 11 is 18.1. The van der Waals surface area contributed by atoms with E-state index in [0.29, 0.717) is 16.1 Å². The highest BCUT2D eigenvalue weighted by atomic mass is 35.5. The molecule has 0 aliphatic heterocycles. The summed E-state index contributed by atoms with van der Waals surface area (Å²) in [5.41, 5.74) is 5.80. The Hall–Kier alpha value is -2.02. The molecule has 3 heterocycles. The van der Waals surface area contributed by atoms with E-state index in [-0.39, 0.29) is 27.2 Å². The third-order valence-electron chi connectivity index (χ3n) is 3.06. The minimum absolute atomic E-state index is 0.0364. The normalized spacial score (nSPS) is 11.0. The van der Waals surface area contributed by atoms with Crippen molar-refractivity contribution in [1.82, 2.24) is 14.5 Å². The summed E-state index contributed by atoms with van der Waals surface area (Å²) in [4.78, 5) is 19.4. The summed E-state index contributed by atoms with van der Waals surface area (Å²) in [7, 11) is 0. The van der Waals surface area contributed by atoms with Crippen LogP contribution in [0.2, 0.25) is 15.1 Å². The first kappa shape index (κ1) is 14.9. The highest BCUT2D eigenvalue weighted by Gasteiger charge is 2.22. The SMILES string of the molecule is Nc1c(Cl)c(C(=O)O)nc(-n2ccc3c(Cl)ccnc32)c1Cl. The minimum Gasteiger partial charge on any atom is -0.476 e. The summed E-state index contributed by atoms with van der Waals surface area (Å²) < 4.78 is 1.50. The molecule has 0 aromatic carbocycles. The zero-order valence-electron chi connectivity index (χ0n) is 10.7. The maximum Gasteiger partial charge on any atom is 0.356 e. The molecule has 112 valence electrons. The van der Waals surface area contributed by atoms with Gasteiger partial charge in [-0.05, 0) is 12.1 Å². The second-order valence-corrected chi connectivity index (χ2v) is 5.51. The van der Waals surface area contributed by atoms with Gasteiger partial charge in [0.1, 0.15) is 10.7 Å². The highest BCUT2D eigenvalue weighted by molar-refractivity contribution is 6.41. The molecule has 0 amide bonds. The molecule has 0 unspecified atom stereocenters. The molecule has 0 saturated heterocycles. The van der Waals surface area contributed by atoms with E-state index in [9.17, 15) is 4.79 Å². The van der Waals surface area contributed by atoms with Crippen molar-refractivity contribution in [2.75, 3.05) is 5.73 Å². The monoisotopic (exact) mass is 356 g/mol. The zero-order chi connectivity index (χ0) is 16.0. The van der Waals surface area contributed by atoms with Gasteiger partial charge in [-0.15, -0.1) is 0 Å². The number of fused-ring (bicyclic) bond motifs is 1. The number of anilines is 1. The van der Waals surface area contributed by atoms with Crippen LogP contribution in [0.15, 0.2) is 24.5 Å². The Morgan fingerprint density at radius 1 is 1.23 bits per heavy atom. The first-order valence-corrected chi connectivity index (χ1v) is 7.05. The summed E-state index contributed by atoms with van der Waals surface area (Å²) in [6.45, 7) is 0. The van der Waals surface area contributed by atoms with Crippen LogP contribution in [0.5, 0.6) is 0 Å². The lowest BCUT2D eigenvalue weighted by atomic mass is 10.3. The first-order valence-electron chi connectivity index (χ1n) is 5.91. The Kier molecular flexibility index (Phi) is 3.60. The van der Waals surface area contributed by atoms with Crippen LogP contribution in [-0.4, -0.2) is 25.6 Å². The number of carboxylic acids is 1. The lowest BCUT2D eigenvalue weighted by molar-refractivity contribution is 0.0690. The predicted octanol–water partition coefficient (Wildman–Crippen LogP) is 3.66. The van der Waals surface area contributed by atoms with Crippen LogP contribution in [0, 0.1) is 0 Å². The largest absolute Gasteiger partial charge is 0.476 e. The molecule has 0 spiro atoms. The summed E-state index contributed by atoms with van der Waals surface area (Å²) in [5.74, 6) is -1.19. The average Bonchev–Trinajstić information content (AvgIpc) is 2.90. The van der Waals surface area contributed by atoms with E-state index in [1.807, 2.05) is 0 Å². The highest BCUT2D eigenvalue weighted by Crippen LogP contribution is 2.35. The smallest absolute Gasteiger partial charge is 0.356 e. The Morgan fingerprint density at radius 2 is 1.95 bits per heavy atom. The molecule has 3 aromatic rings. The van der Waals surface area contributed by atoms with Gasteiger partial charge in [0.2, 0.25) is 0 Å². The van der Waals surface area contributed by atoms with Crippen molar-refractivity contribution in [2.45, 2.75) is 0 Å². The van der Waals surface area contributed by atoms with Crippen LogP contribution >= 0.6 is 34.8 Å². The number of rotatable bonds is 2. The topological polar surface area (TPSA) is 94.0 Å². The fourth-order valence-electron chi connectivity index (χ4n) is 2.03. The number of aromatic carboxylic acids is 1. The van der Waals surface area contributed by atoms with Crippen molar-refractivity contribution in [3.8, 4) is 5.82 Å². The van der Waals surface area contributed by atoms with Gasteiger partial charge in [-0.1, -0.05) is 34.8 Å². The number of hydrogen-bond acceptors (Lipinski definition) is 4. The standard InChI is InChI=1S/C13H7Cl3N4O2/c14-6-1-3-18-11-5(6)2-4-20(11)12-8(16)9(17)7(15)10(19-12)13(21)22/h1-4H,(H2,17,19)(H,21,22). The number of nitrogens with zero attached hydrogens (tertiary/aromatic N) is 3. The second kappa shape index (κ2) is 5.31. The lowest BCUT2D eigenvalue weighted by Gasteiger charge is -2.11. The van der Waals surface area contributed by atoms with Gasteiger partial charge < -0.3 is 10.8 Å². The molecule has 3 aromatic heterocycles. The Labute approximate surface area is 139 Å². The van der Waals surface area contributed by atoms with Crippen molar-refractivity contribution in [1.29, 1.82) is 0 Å². The van der Waals surface area contributed by atoms with Crippen molar-refractivity contribution in [2.24, 2.45) is 0 Å². The molecule has 0 aliphatic carbocycles. The van der Waals surface area contributed by atoms with Crippen LogP contribution in [-0.2, 0) is 0 Å². The van der Waals surface area contributed by atoms with E-state index in [1.54, 1.807) is 18.3 Å². The van der Waals surface area contributed by atoms with Crippen LogP contribution in [0.25, 0.3) is 16.9 Å². The predicted molar refractivity (Wildman–Crippen MR) is 85.3 cm³/mol. The molecule has 9 heteroatoms. The molecular formula is C13H7Cl3N4O2. The van der Waals surface area contributed by atoms with E-state index in [0.717, 1.165) is 0 Å². The molecule has 0 atom stereocenters. The van der Waals surface area contributed by atoms with Crippen molar-refractivity contribution in [3.05, 3.63) is 45.3 Å². The zero-order valence-corrected chi connectivity index (χ0v) is 13.0. The number of carbonyl (C=O) groups is 1. The van der Waals surface area contributed by atoms with Crippen molar-refractivity contribution >= 4 is 57.5 Å².